The van der Waals surface area contributed by atoms with Crippen molar-refractivity contribution in [2.75, 3.05) is 4.72 Å². The van der Waals surface area contributed by atoms with E-state index in [9.17, 15) is 17.2 Å². The number of hydrogen-bond acceptors (Lipinski definition) is 3. The Kier molecular flexibility index (Phi) is 4.19. The first kappa shape index (κ1) is 15.3. The zero-order valence-corrected chi connectivity index (χ0v) is 12.1. The molecule has 0 heterocycles. The van der Waals surface area contributed by atoms with Gasteiger partial charge >= 0.3 is 0 Å². The van der Waals surface area contributed by atoms with Gasteiger partial charge in [0.25, 0.3) is 10.0 Å². The second-order valence-electron chi connectivity index (χ2n) is 4.09. The van der Waals surface area contributed by atoms with E-state index in [2.05, 4.69) is 0 Å². The van der Waals surface area contributed by atoms with Gasteiger partial charge in [-0.25, -0.2) is 17.2 Å². The Bertz CT molecular complexity index is 808. The molecule has 0 spiro atoms. The molecule has 0 fully saturated rings. The number of sulfonamides is 1. The lowest BCUT2D eigenvalue weighted by atomic mass is 10.2. The van der Waals surface area contributed by atoms with E-state index in [1.807, 2.05) is 4.72 Å². The Morgan fingerprint density at radius 3 is 2.43 bits per heavy atom. The smallest absolute Gasteiger partial charge is 0.262 e. The van der Waals surface area contributed by atoms with Crippen molar-refractivity contribution in [3.8, 4) is 0 Å². The predicted molar refractivity (Wildman–Crippen MR) is 79.5 cm³/mol. The molecule has 4 nitrogen and oxygen atoms in total. The number of hydrogen-bond donors (Lipinski definition) is 2. The molecule has 3 N–H and O–H groups in total. The highest BCUT2D eigenvalue weighted by Gasteiger charge is 2.21. The summed E-state index contributed by atoms with van der Waals surface area (Å²) in [5, 5.41) is 0. The molecule has 110 valence electrons. The van der Waals surface area contributed by atoms with Crippen LogP contribution in [-0.4, -0.2) is 13.4 Å². The van der Waals surface area contributed by atoms with Gasteiger partial charge < -0.3 is 5.73 Å². The van der Waals surface area contributed by atoms with E-state index in [0.717, 1.165) is 12.1 Å². The van der Waals surface area contributed by atoms with E-state index in [1.165, 1.54) is 18.2 Å². The second-order valence-corrected chi connectivity index (χ2v) is 6.18. The molecule has 8 heteroatoms. The van der Waals surface area contributed by atoms with Crippen molar-refractivity contribution >= 4 is 32.9 Å². The van der Waals surface area contributed by atoms with Gasteiger partial charge in [-0.15, -0.1) is 0 Å². The maximum atomic E-state index is 13.5. The topological polar surface area (TPSA) is 72.2 Å². The Labute approximate surface area is 125 Å². The monoisotopic (exact) mass is 328 g/mol. The number of anilines is 1. The number of nitrogens with one attached hydrogen (secondary N) is 1. The molecule has 0 radical (unpaired) electrons. The fourth-order valence-electron chi connectivity index (χ4n) is 1.68. The van der Waals surface area contributed by atoms with Crippen molar-refractivity contribution in [3.63, 3.8) is 0 Å². The highest BCUT2D eigenvalue weighted by Crippen LogP contribution is 2.22. The maximum Gasteiger partial charge on any atom is 0.262 e. The predicted octanol–water partition coefficient (Wildman–Crippen LogP) is 2.40. The SMILES string of the molecule is NC(=S)c1ccccc1S(=O)(=O)Nc1ccc(F)cc1F. The average molecular weight is 328 g/mol. The quantitative estimate of drug-likeness (QED) is 0.846. The second kappa shape index (κ2) is 5.74. The number of thiocarbonyl (C=S) groups is 1. The molecule has 0 unspecified atom stereocenters. The third-order valence-corrected chi connectivity index (χ3v) is 4.26. The molecule has 2 rings (SSSR count). The van der Waals surface area contributed by atoms with E-state index in [1.54, 1.807) is 6.07 Å². The molecule has 2 aromatic rings. The lowest BCUT2D eigenvalue weighted by molar-refractivity contribution is 0.582. The molecule has 0 aliphatic carbocycles. The number of rotatable bonds is 4. The number of halogens is 2. The zero-order valence-electron chi connectivity index (χ0n) is 10.5. The van der Waals surface area contributed by atoms with Gasteiger partial charge in [-0.05, 0) is 18.2 Å². The summed E-state index contributed by atoms with van der Waals surface area (Å²) < 4.78 is 53.0. The van der Waals surface area contributed by atoms with Crippen molar-refractivity contribution in [2.45, 2.75) is 4.90 Å². The van der Waals surface area contributed by atoms with E-state index >= 15 is 0 Å². The molecular formula is C13H10F2N2O2S2. The molecule has 0 aliphatic heterocycles. The molecule has 21 heavy (non-hydrogen) atoms. The van der Waals surface area contributed by atoms with E-state index in [0.29, 0.717) is 6.07 Å². The molecule has 0 amide bonds. The highest BCUT2D eigenvalue weighted by molar-refractivity contribution is 7.93. The fourth-order valence-corrected chi connectivity index (χ4v) is 3.21. The first-order valence-corrected chi connectivity index (χ1v) is 7.57. The molecule has 0 atom stereocenters. The summed E-state index contributed by atoms with van der Waals surface area (Å²) in [6, 6.07) is 8.31. The summed E-state index contributed by atoms with van der Waals surface area (Å²) in [5.41, 5.74) is 5.24. The third kappa shape index (κ3) is 3.34. The largest absolute Gasteiger partial charge is 0.389 e. The van der Waals surface area contributed by atoms with Crippen LogP contribution in [0.5, 0.6) is 0 Å². The summed E-state index contributed by atoms with van der Waals surface area (Å²) in [5.74, 6) is -1.83. The minimum absolute atomic E-state index is 0.101. The Balaban J connectivity index is 2.46. The van der Waals surface area contributed by atoms with Crippen LogP contribution in [0.3, 0.4) is 0 Å². The average Bonchev–Trinajstić information content (AvgIpc) is 2.42. The van der Waals surface area contributed by atoms with Crippen LogP contribution in [0.1, 0.15) is 5.56 Å². The minimum Gasteiger partial charge on any atom is -0.389 e. The number of nitrogens with two attached hydrogens (primary N) is 1. The molecule has 2 aromatic carbocycles. The summed E-state index contributed by atoms with van der Waals surface area (Å²) in [6.45, 7) is 0. The Morgan fingerprint density at radius 1 is 1.14 bits per heavy atom. The van der Waals surface area contributed by atoms with Gasteiger partial charge in [-0.1, -0.05) is 30.4 Å². The Hall–Kier alpha value is -2.06. The Morgan fingerprint density at radius 2 is 1.81 bits per heavy atom. The minimum atomic E-state index is -4.10. The molecular weight excluding hydrogens is 318 g/mol. The van der Waals surface area contributed by atoms with Crippen molar-refractivity contribution in [2.24, 2.45) is 5.73 Å². The van der Waals surface area contributed by atoms with Crippen LogP contribution in [0.25, 0.3) is 0 Å². The molecule has 0 saturated carbocycles. The van der Waals surface area contributed by atoms with Gasteiger partial charge in [-0.2, -0.15) is 0 Å². The van der Waals surface area contributed by atoms with Gasteiger partial charge in [0, 0.05) is 11.6 Å². The van der Waals surface area contributed by atoms with Crippen molar-refractivity contribution < 1.29 is 17.2 Å². The lowest BCUT2D eigenvalue weighted by Crippen LogP contribution is -2.20. The van der Waals surface area contributed by atoms with E-state index in [-0.39, 0.29) is 21.1 Å². The van der Waals surface area contributed by atoms with Crippen LogP contribution < -0.4 is 10.5 Å². The fraction of sp³-hybridized carbons (Fsp3) is 0. The molecule has 0 aliphatic rings. The van der Waals surface area contributed by atoms with Gasteiger partial charge in [0.2, 0.25) is 0 Å². The normalized spacial score (nSPS) is 11.1. The van der Waals surface area contributed by atoms with Gasteiger partial charge in [0.15, 0.2) is 0 Å². The number of benzene rings is 2. The molecule has 0 bridgehead atoms. The highest BCUT2D eigenvalue weighted by atomic mass is 32.2. The van der Waals surface area contributed by atoms with Crippen molar-refractivity contribution in [1.29, 1.82) is 0 Å². The van der Waals surface area contributed by atoms with Crippen LogP contribution >= 0.6 is 12.2 Å². The summed E-state index contributed by atoms with van der Waals surface area (Å²) >= 11 is 4.79. The van der Waals surface area contributed by atoms with Crippen LogP contribution in [0, 0.1) is 11.6 Å². The van der Waals surface area contributed by atoms with Crippen LogP contribution in [0.15, 0.2) is 47.4 Å². The standard InChI is InChI=1S/C13H10F2N2O2S2/c14-8-5-6-11(10(15)7-8)17-21(18,19)12-4-2-1-3-9(12)13(16)20/h1-7,17H,(H2,16,20). The van der Waals surface area contributed by atoms with Crippen LogP contribution in [0.4, 0.5) is 14.5 Å². The van der Waals surface area contributed by atoms with Crippen LogP contribution in [0.2, 0.25) is 0 Å². The third-order valence-electron chi connectivity index (χ3n) is 2.62. The first-order chi connectivity index (χ1) is 9.81. The van der Waals surface area contributed by atoms with Gasteiger partial charge in [0.05, 0.1) is 10.6 Å². The molecule has 0 saturated heterocycles. The summed E-state index contributed by atoms with van der Waals surface area (Å²) in [4.78, 5) is -0.281. The van der Waals surface area contributed by atoms with Crippen LogP contribution in [-0.2, 0) is 10.0 Å². The first-order valence-electron chi connectivity index (χ1n) is 5.68. The maximum absolute atomic E-state index is 13.5. The lowest BCUT2D eigenvalue weighted by Gasteiger charge is -2.12. The summed E-state index contributed by atoms with van der Waals surface area (Å²) in [6.07, 6.45) is 0. The van der Waals surface area contributed by atoms with Crippen molar-refractivity contribution in [3.05, 3.63) is 59.7 Å². The van der Waals surface area contributed by atoms with Gasteiger partial charge in [0.1, 0.15) is 16.6 Å². The van der Waals surface area contributed by atoms with Crippen molar-refractivity contribution in [1.82, 2.24) is 0 Å². The molecule has 0 aromatic heterocycles. The zero-order chi connectivity index (χ0) is 15.6. The van der Waals surface area contributed by atoms with E-state index in [4.69, 9.17) is 18.0 Å². The van der Waals surface area contributed by atoms with E-state index < -0.39 is 21.7 Å². The van der Waals surface area contributed by atoms with Gasteiger partial charge in [-0.3, -0.25) is 4.72 Å². The summed E-state index contributed by atoms with van der Waals surface area (Å²) in [7, 11) is -4.10.